The number of hydrogen-bond donors (Lipinski definition) is 0. The SMILES string of the molecule is Cn1c(=O)n([C@@H]2CCCN(Cc3ccoc3)C2)c2ncncc21. The van der Waals surface area contributed by atoms with Crippen LogP contribution in [0.25, 0.3) is 11.2 Å². The molecule has 0 spiro atoms. The van der Waals surface area contributed by atoms with Gasteiger partial charge in [-0.3, -0.25) is 14.0 Å². The molecular weight excluding hydrogens is 294 g/mol. The van der Waals surface area contributed by atoms with E-state index >= 15 is 0 Å². The van der Waals surface area contributed by atoms with Crippen molar-refractivity contribution in [2.24, 2.45) is 7.05 Å². The number of likely N-dealkylation sites (tertiary alicyclic amines) is 1. The van der Waals surface area contributed by atoms with Gasteiger partial charge in [0.25, 0.3) is 0 Å². The Kier molecular flexibility index (Phi) is 3.49. The van der Waals surface area contributed by atoms with Gasteiger partial charge in [0.05, 0.1) is 24.8 Å². The molecule has 0 amide bonds. The normalized spacial score (nSPS) is 19.4. The Morgan fingerprint density at radius 3 is 3.17 bits per heavy atom. The molecule has 3 aromatic heterocycles. The summed E-state index contributed by atoms with van der Waals surface area (Å²) in [5.41, 5.74) is 2.65. The summed E-state index contributed by atoms with van der Waals surface area (Å²) >= 11 is 0. The molecule has 0 saturated carbocycles. The lowest BCUT2D eigenvalue weighted by molar-refractivity contribution is 0.169. The van der Waals surface area contributed by atoms with Gasteiger partial charge in [0, 0.05) is 25.7 Å². The van der Waals surface area contributed by atoms with Crippen molar-refractivity contribution in [1.29, 1.82) is 0 Å². The number of aromatic nitrogens is 4. The second kappa shape index (κ2) is 5.66. The van der Waals surface area contributed by atoms with Crippen LogP contribution in [0.1, 0.15) is 24.4 Å². The van der Waals surface area contributed by atoms with Crippen LogP contribution in [0, 0.1) is 0 Å². The summed E-state index contributed by atoms with van der Waals surface area (Å²) in [5, 5.41) is 0. The Morgan fingerprint density at radius 1 is 1.43 bits per heavy atom. The molecule has 4 heterocycles. The first-order valence-electron chi connectivity index (χ1n) is 7.84. The fraction of sp³-hybridized carbons (Fsp3) is 0.438. The molecule has 1 fully saturated rings. The predicted octanol–water partition coefficient (Wildman–Crippen LogP) is 1.56. The van der Waals surface area contributed by atoms with Crippen LogP contribution in [0.15, 0.2) is 40.3 Å². The first-order valence-corrected chi connectivity index (χ1v) is 7.84. The Morgan fingerprint density at radius 2 is 2.35 bits per heavy atom. The Bertz CT molecular complexity index is 864. The molecule has 0 N–H and O–H groups in total. The number of fused-ring (bicyclic) bond motifs is 1. The third kappa shape index (κ3) is 2.46. The number of aryl methyl sites for hydroxylation is 1. The topological polar surface area (TPSA) is 69.1 Å². The molecule has 1 aliphatic heterocycles. The molecule has 3 aromatic rings. The number of nitrogens with zero attached hydrogens (tertiary/aromatic N) is 5. The fourth-order valence-electron chi connectivity index (χ4n) is 3.45. The maximum atomic E-state index is 12.6. The van der Waals surface area contributed by atoms with E-state index in [9.17, 15) is 4.79 Å². The quantitative estimate of drug-likeness (QED) is 0.734. The van der Waals surface area contributed by atoms with Crippen molar-refractivity contribution in [3.63, 3.8) is 0 Å². The second-order valence-electron chi connectivity index (χ2n) is 6.11. The predicted molar refractivity (Wildman–Crippen MR) is 85.0 cm³/mol. The zero-order valence-corrected chi connectivity index (χ0v) is 13.1. The van der Waals surface area contributed by atoms with Crippen LogP contribution in [0.2, 0.25) is 0 Å². The third-order valence-corrected chi connectivity index (χ3v) is 4.59. The average molecular weight is 313 g/mol. The molecule has 0 bridgehead atoms. The number of rotatable bonds is 3. The van der Waals surface area contributed by atoms with Crippen LogP contribution < -0.4 is 5.69 Å². The summed E-state index contributed by atoms with van der Waals surface area (Å²) < 4.78 is 8.61. The van der Waals surface area contributed by atoms with E-state index < -0.39 is 0 Å². The van der Waals surface area contributed by atoms with Gasteiger partial charge in [0.15, 0.2) is 5.65 Å². The molecule has 1 saturated heterocycles. The summed E-state index contributed by atoms with van der Waals surface area (Å²) in [4.78, 5) is 23.4. The van der Waals surface area contributed by atoms with E-state index in [1.807, 2.05) is 10.6 Å². The maximum absolute atomic E-state index is 12.6. The van der Waals surface area contributed by atoms with Crippen LogP contribution in [0.5, 0.6) is 0 Å². The third-order valence-electron chi connectivity index (χ3n) is 4.59. The van der Waals surface area contributed by atoms with E-state index in [1.54, 1.807) is 30.3 Å². The molecule has 0 unspecified atom stereocenters. The Balaban J connectivity index is 1.65. The first-order chi connectivity index (χ1) is 11.2. The molecule has 0 radical (unpaired) electrons. The monoisotopic (exact) mass is 313 g/mol. The molecule has 0 aliphatic carbocycles. The van der Waals surface area contributed by atoms with E-state index in [0.717, 1.165) is 43.6 Å². The minimum absolute atomic E-state index is 0.0179. The van der Waals surface area contributed by atoms with Crippen molar-refractivity contribution in [3.05, 3.63) is 47.2 Å². The maximum Gasteiger partial charge on any atom is 0.330 e. The largest absolute Gasteiger partial charge is 0.472 e. The standard InChI is InChI=1S/C16H19N5O2/c1-19-14-7-17-11-18-15(14)21(16(19)22)13-3-2-5-20(9-13)8-12-4-6-23-10-12/h4,6-7,10-11,13H,2-3,5,8-9H2,1H3/t13-/m1/s1. The zero-order chi connectivity index (χ0) is 15.8. The van der Waals surface area contributed by atoms with E-state index in [0.29, 0.717) is 0 Å². The highest BCUT2D eigenvalue weighted by molar-refractivity contribution is 5.70. The summed E-state index contributed by atoms with van der Waals surface area (Å²) in [5.74, 6) is 0. The lowest BCUT2D eigenvalue weighted by atomic mass is 10.0. The molecule has 1 atom stereocenters. The fourth-order valence-corrected chi connectivity index (χ4v) is 3.45. The molecule has 7 heteroatoms. The summed E-state index contributed by atoms with van der Waals surface area (Å²) in [6.45, 7) is 2.73. The van der Waals surface area contributed by atoms with Crippen LogP contribution in [-0.2, 0) is 13.6 Å². The molecule has 23 heavy (non-hydrogen) atoms. The van der Waals surface area contributed by atoms with Crippen LogP contribution >= 0.6 is 0 Å². The number of imidazole rings is 1. The van der Waals surface area contributed by atoms with Crippen LogP contribution in [0.4, 0.5) is 0 Å². The average Bonchev–Trinajstić information content (AvgIpc) is 3.16. The van der Waals surface area contributed by atoms with Crippen molar-refractivity contribution in [1.82, 2.24) is 24.0 Å². The Hall–Kier alpha value is -2.41. The van der Waals surface area contributed by atoms with Crippen LogP contribution in [0.3, 0.4) is 0 Å². The molecule has 120 valence electrons. The molecule has 0 aromatic carbocycles. The minimum Gasteiger partial charge on any atom is -0.472 e. The van der Waals surface area contributed by atoms with Gasteiger partial charge in [0.2, 0.25) is 0 Å². The van der Waals surface area contributed by atoms with Crippen molar-refractivity contribution < 1.29 is 4.42 Å². The van der Waals surface area contributed by atoms with Crippen molar-refractivity contribution in [2.45, 2.75) is 25.4 Å². The van der Waals surface area contributed by atoms with Gasteiger partial charge in [-0.15, -0.1) is 0 Å². The van der Waals surface area contributed by atoms with Gasteiger partial charge < -0.3 is 4.42 Å². The van der Waals surface area contributed by atoms with Gasteiger partial charge in [-0.1, -0.05) is 0 Å². The lowest BCUT2D eigenvalue weighted by Crippen LogP contribution is -2.39. The lowest BCUT2D eigenvalue weighted by Gasteiger charge is -2.32. The highest BCUT2D eigenvalue weighted by Crippen LogP contribution is 2.24. The van der Waals surface area contributed by atoms with E-state index in [2.05, 4.69) is 14.9 Å². The highest BCUT2D eigenvalue weighted by Gasteiger charge is 2.26. The minimum atomic E-state index is -0.0179. The van der Waals surface area contributed by atoms with E-state index in [-0.39, 0.29) is 11.7 Å². The van der Waals surface area contributed by atoms with E-state index in [4.69, 9.17) is 4.42 Å². The van der Waals surface area contributed by atoms with Gasteiger partial charge in [-0.25, -0.2) is 14.8 Å². The number of piperidine rings is 1. The van der Waals surface area contributed by atoms with Gasteiger partial charge in [0.1, 0.15) is 11.8 Å². The van der Waals surface area contributed by atoms with Gasteiger partial charge in [-0.05, 0) is 25.5 Å². The van der Waals surface area contributed by atoms with Crippen molar-refractivity contribution in [3.8, 4) is 0 Å². The van der Waals surface area contributed by atoms with Crippen LogP contribution in [-0.4, -0.2) is 37.1 Å². The molecule has 4 rings (SSSR count). The molecule has 1 aliphatic rings. The zero-order valence-electron chi connectivity index (χ0n) is 13.1. The van der Waals surface area contributed by atoms with Crippen molar-refractivity contribution >= 4 is 11.2 Å². The number of hydrogen-bond acceptors (Lipinski definition) is 5. The van der Waals surface area contributed by atoms with Crippen molar-refractivity contribution in [2.75, 3.05) is 13.1 Å². The smallest absolute Gasteiger partial charge is 0.330 e. The summed E-state index contributed by atoms with van der Waals surface area (Å²) in [6.07, 6.45) is 8.74. The van der Waals surface area contributed by atoms with Gasteiger partial charge >= 0.3 is 5.69 Å². The Labute approximate surface area is 133 Å². The summed E-state index contributed by atoms with van der Waals surface area (Å²) in [6, 6.07) is 2.13. The molecular formula is C16H19N5O2. The molecule has 7 nitrogen and oxygen atoms in total. The van der Waals surface area contributed by atoms with E-state index in [1.165, 1.54) is 11.9 Å². The summed E-state index contributed by atoms with van der Waals surface area (Å²) in [7, 11) is 1.77. The number of furan rings is 1. The highest BCUT2D eigenvalue weighted by atomic mass is 16.3. The second-order valence-corrected chi connectivity index (χ2v) is 6.11. The first kappa shape index (κ1) is 14.2. The van der Waals surface area contributed by atoms with Gasteiger partial charge in [-0.2, -0.15) is 0 Å².